The second-order valence-corrected chi connectivity index (χ2v) is 6.41. The van der Waals surface area contributed by atoms with Crippen LogP contribution in [0.4, 0.5) is 0 Å². The third-order valence-electron chi connectivity index (χ3n) is 4.27. The molecule has 4 unspecified atom stereocenters. The maximum Gasteiger partial charge on any atom is 0.228 e. The largest absolute Gasteiger partial charge is 0.461 e. The lowest BCUT2D eigenvalue weighted by Crippen LogP contribution is -2.54. The molecule has 132 valence electrons. The van der Waals surface area contributed by atoms with Gasteiger partial charge in [0, 0.05) is 23.6 Å². The van der Waals surface area contributed by atoms with Crippen LogP contribution in [0.1, 0.15) is 5.56 Å². The smallest absolute Gasteiger partial charge is 0.228 e. The van der Waals surface area contributed by atoms with Gasteiger partial charge >= 0.3 is 0 Å². The Labute approximate surface area is 140 Å². The van der Waals surface area contributed by atoms with Crippen LogP contribution < -0.4 is 4.74 Å². The summed E-state index contributed by atoms with van der Waals surface area (Å²) in [6, 6.07) is 5.62. The van der Waals surface area contributed by atoms with E-state index in [0.29, 0.717) is 5.75 Å². The number of nitrogens with one attached hydrogen (secondary N) is 1. The van der Waals surface area contributed by atoms with E-state index in [4.69, 9.17) is 9.47 Å². The molecule has 24 heavy (non-hydrogen) atoms. The van der Waals surface area contributed by atoms with E-state index in [9.17, 15) is 15.3 Å². The molecule has 7 heteroatoms. The molecule has 0 saturated carbocycles. The highest BCUT2D eigenvalue weighted by Gasteiger charge is 2.39. The molecule has 1 aromatic carbocycles. The summed E-state index contributed by atoms with van der Waals surface area (Å²) in [6.07, 6.45) is -1.93. The summed E-state index contributed by atoms with van der Waals surface area (Å²) >= 11 is 0. The van der Waals surface area contributed by atoms with Crippen LogP contribution in [0.25, 0.3) is 10.9 Å². The Hall–Kier alpha value is -1.64. The summed E-state index contributed by atoms with van der Waals surface area (Å²) < 4.78 is 11.2. The number of hydrogen-bond donors (Lipinski definition) is 4. The maximum atomic E-state index is 10.1. The Morgan fingerprint density at radius 3 is 2.79 bits per heavy atom. The van der Waals surface area contributed by atoms with E-state index < -0.39 is 24.6 Å². The highest BCUT2D eigenvalue weighted by atomic mass is 16.7. The molecule has 4 N–H and O–H groups in total. The molecular formula is C17H24N2O5. The lowest BCUT2D eigenvalue weighted by molar-refractivity contribution is -0.241. The van der Waals surface area contributed by atoms with Gasteiger partial charge in [0.25, 0.3) is 0 Å². The Morgan fingerprint density at radius 2 is 2.04 bits per heavy atom. The maximum absolute atomic E-state index is 10.1. The standard InChI is InChI=1S/C17H24N2O5/c1-19(2)7-6-10-8-18-11-4-3-5-13(14(10)11)24-17-16(22)15(21)12(20)9-23-17/h3-5,8,12,15-18,20-22H,6-7,9H2,1-2H3. The second-order valence-electron chi connectivity index (χ2n) is 6.41. The summed E-state index contributed by atoms with van der Waals surface area (Å²) in [6.45, 7) is 0.814. The second kappa shape index (κ2) is 7.08. The van der Waals surface area contributed by atoms with E-state index in [-0.39, 0.29) is 6.61 Å². The van der Waals surface area contributed by atoms with Gasteiger partial charge in [0.15, 0.2) is 0 Å². The van der Waals surface area contributed by atoms with Crippen LogP contribution in [-0.4, -0.2) is 77.1 Å². The minimum Gasteiger partial charge on any atom is -0.461 e. The average molecular weight is 336 g/mol. The number of ether oxygens (including phenoxy) is 2. The van der Waals surface area contributed by atoms with E-state index in [1.165, 1.54) is 0 Å². The predicted molar refractivity (Wildman–Crippen MR) is 88.9 cm³/mol. The highest BCUT2D eigenvalue weighted by Crippen LogP contribution is 2.31. The van der Waals surface area contributed by atoms with Crippen molar-refractivity contribution in [3.05, 3.63) is 30.0 Å². The third kappa shape index (κ3) is 3.40. The third-order valence-corrected chi connectivity index (χ3v) is 4.27. The van der Waals surface area contributed by atoms with Crippen LogP contribution in [0.5, 0.6) is 5.75 Å². The first-order chi connectivity index (χ1) is 11.5. The number of hydrogen-bond acceptors (Lipinski definition) is 6. The van der Waals surface area contributed by atoms with Gasteiger partial charge in [0.1, 0.15) is 24.1 Å². The number of aliphatic hydroxyl groups is 3. The fourth-order valence-corrected chi connectivity index (χ4v) is 2.87. The van der Waals surface area contributed by atoms with Crippen molar-refractivity contribution >= 4 is 10.9 Å². The lowest BCUT2D eigenvalue weighted by atomic mass is 10.1. The van der Waals surface area contributed by atoms with Gasteiger partial charge in [-0.15, -0.1) is 0 Å². The minimum absolute atomic E-state index is 0.0838. The SMILES string of the molecule is CN(C)CCc1c[nH]c2cccc(OC3OCC(O)C(O)C3O)c12. The minimum atomic E-state index is -1.31. The van der Waals surface area contributed by atoms with Gasteiger partial charge in [0.05, 0.1) is 6.61 Å². The average Bonchev–Trinajstić information content (AvgIpc) is 2.97. The van der Waals surface area contributed by atoms with Crippen molar-refractivity contribution in [2.24, 2.45) is 0 Å². The molecule has 0 amide bonds. The summed E-state index contributed by atoms with van der Waals surface area (Å²) in [5.41, 5.74) is 2.05. The molecular weight excluding hydrogens is 312 g/mol. The van der Waals surface area contributed by atoms with Crippen molar-refractivity contribution in [2.45, 2.75) is 31.0 Å². The molecule has 0 spiro atoms. The number of fused-ring (bicyclic) bond motifs is 1. The normalized spacial score (nSPS) is 27.8. The van der Waals surface area contributed by atoms with Crippen molar-refractivity contribution < 1.29 is 24.8 Å². The van der Waals surface area contributed by atoms with Gasteiger partial charge in [-0.2, -0.15) is 0 Å². The number of aliphatic hydroxyl groups excluding tert-OH is 3. The number of rotatable bonds is 5. The monoisotopic (exact) mass is 336 g/mol. The fourth-order valence-electron chi connectivity index (χ4n) is 2.87. The first-order valence-electron chi connectivity index (χ1n) is 8.03. The van der Waals surface area contributed by atoms with Crippen LogP contribution in [0.15, 0.2) is 24.4 Å². The number of likely N-dealkylation sites (N-methyl/N-ethyl adjacent to an activating group) is 1. The topological polar surface area (TPSA) is 98.2 Å². The highest BCUT2D eigenvalue weighted by molar-refractivity contribution is 5.89. The molecule has 2 heterocycles. The molecule has 2 aromatic rings. The molecule has 1 aromatic heterocycles. The van der Waals surface area contributed by atoms with Gasteiger partial charge in [0.2, 0.25) is 6.29 Å². The van der Waals surface area contributed by atoms with Crippen LogP contribution in [-0.2, 0) is 11.2 Å². The Balaban J connectivity index is 1.85. The van der Waals surface area contributed by atoms with E-state index in [1.54, 1.807) is 0 Å². The van der Waals surface area contributed by atoms with Gasteiger partial charge < -0.3 is 34.7 Å². The van der Waals surface area contributed by atoms with Crippen molar-refractivity contribution in [2.75, 3.05) is 27.2 Å². The summed E-state index contributed by atoms with van der Waals surface area (Å²) in [7, 11) is 4.04. The Morgan fingerprint density at radius 1 is 1.25 bits per heavy atom. The van der Waals surface area contributed by atoms with E-state index >= 15 is 0 Å². The van der Waals surface area contributed by atoms with E-state index in [0.717, 1.165) is 29.4 Å². The van der Waals surface area contributed by atoms with Gasteiger partial charge in [-0.3, -0.25) is 0 Å². The van der Waals surface area contributed by atoms with Crippen LogP contribution in [0.3, 0.4) is 0 Å². The molecule has 0 radical (unpaired) electrons. The lowest BCUT2D eigenvalue weighted by Gasteiger charge is -2.35. The molecule has 0 bridgehead atoms. The molecule has 3 rings (SSSR count). The number of nitrogens with zero attached hydrogens (tertiary/aromatic N) is 1. The number of aromatic nitrogens is 1. The van der Waals surface area contributed by atoms with Crippen molar-refractivity contribution in [3.63, 3.8) is 0 Å². The quantitative estimate of drug-likeness (QED) is 0.618. The molecule has 1 saturated heterocycles. The first kappa shape index (κ1) is 17.2. The summed E-state index contributed by atoms with van der Waals surface area (Å²) in [5, 5.41) is 30.3. The first-order valence-corrected chi connectivity index (χ1v) is 8.03. The number of benzene rings is 1. The molecule has 1 aliphatic rings. The van der Waals surface area contributed by atoms with Crippen LogP contribution in [0.2, 0.25) is 0 Å². The van der Waals surface area contributed by atoms with Crippen molar-refractivity contribution in [3.8, 4) is 5.75 Å². The molecule has 0 aliphatic carbocycles. The van der Waals surface area contributed by atoms with Crippen LogP contribution >= 0.6 is 0 Å². The van der Waals surface area contributed by atoms with Crippen LogP contribution in [0, 0.1) is 0 Å². The summed E-state index contributed by atoms with van der Waals surface area (Å²) in [4.78, 5) is 5.33. The van der Waals surface area contributed by atoms with Gasteiger partial charge in [-0.05, 0) is 38.2 Å². The summed E-state index contributed by atoms with van der Waals surface area (Å²) in [5.74, 6) is 0.579. The molecule has 4 atom stereocenters. The van der Waals surface area contributed by atoms with Gasteiger partial charge in [-0.1, -0.05) is 6.07 Å². The fraction of sp³-hybridized carbons (Fsp3) is 0.529. The molecule has 7 nitrogen and oxygen atoms in total. The zero-order chi connectivity index (χ0) is 17.3. The zero-order valence-corrected chi connectivity index (χ0v) is 13.8. The number of H-pyrrole nitrogens is 1. The molecule has 1 aliphatic heterocycles. The Bertz CT molecular complexity index is 687. The zero-order valence-electron chi connectivity index (χ0n) is 13.8. The Kier molecular flexibility index (Phi) is 5.07. The number of aromatic amines is 1. The molecule has 1 fully saturated rings. The van der Waals surface area contributed by atoms with Gasteiger partial charge in [-0.25, -0.2) is 0 Å². The van der Waals surface area contributed by atoms with Crippen molar-refractivity contribution in [1.82, 2.24) is 9.88 Å². The predicted octanol–water partition coefficient (Wildman–Crippen LogP) is 0.0898. The van der Waals surface area contributed by atoms with E-state index in [2.05, 4.69) is 9.88 Å². The van der Waals surface area contributed by atoms with E-state index in [1.807, 2.05) is 38.5 Å². The van der Waals surface area contributed by atoms with Crippen molar-refractivity contribution in [1.29, 1.82) is 0 Å².